The molecule has 6 nitrogen and oxygen atoms in total. The fourth-order valence-electron chi connectivity index (χ4n) is 3.25. The Hall–Kier alpha value is -1.79. The number of hydrogen-bond donors (Lipinski definition) is 2. The number of fused-ring (bicyclic) bond motifs is 1. The molecule has 0 unspecified atom stereocenters. The molecule has 23 heavy (non-hydrogen) atoms. The average molecular weight is 320 g/mol. The predicted octanol–water partition coefficient (Wildman–Crippen LogP) is 1.27. The van der Waals surface area contributed by atoms with E-state index < -0.39 is 6.10 Å². The molecular formula is C17H24N2O4. The van der Waals surface area contributed by atoms with Gasteiger partial charge in [-0.25, -0.2) is 0 Å². The molecule has 1 aromatic carbocycles. The van der Waals surface area contributed by atoms with Crippen LogP contribution in [0.3, 0.4) is 0 Å². The molecule has 0 radical (unpaired) electrons. The van der Waals surface area contributed by atoms with Gasteiger partial charge in [0.1, 0.15) is 0 Å². The lowest BCUT2D eigenvalue weighted by molar-refractivity contribution is -0.124. The zero-order chi connectivity index (χ0) is 16.2. The highest BCUT2D eigenvalue weighted by atomic mass is 16.7. The zero-order valence-electron chi connectivity index (χ0n) is 13.5. The summed E-state index contributed by atoms with van der Waals surface area (Å²) >= 11 is 0. The Morgan fingerprint density at radius 3 is 3.04 bits per heavy atom. The Bertz CT molecular complexity index is 562. The van der Waals surface area contributed by atoms with Gasteiger partial charge in [-0.3, -0.25) is 9.69 Å². The highest BCUT2D eigenvalue weighted by Crippen LogP contribution is 2.32. The van der Waals surface area contributed by atoms with Crippen LogP contribution in [0.5, 0.6) is 11.5 Å². The van der Waals surface area contributed by atoms with Crippen LogP contribution in [-0.2, 0) is 11.3 Å². The second-order valence-electron chi connectivity index (χ2n) is 6.24. The third-order valence-corrected chi connectivity index (χ3v) is 4.49. The zero-order valence-corrected chi connectivity index (χ0v) is 13.5. The maximum absolute atomic E-state index is 12.2. The number of likely N-dealkylation sites (tertiary alicyclic amines) is 1. The number of carbonyl (C=O) groups excluding carboxylic acids is 1. The Balaban J connectivity index is 1.51. The second kappa shape index (κ2) is 7.19. The topological polar surface area (TPSA) is 71.0 Å². The molecule has 0 saturated carbocycles. The van der Waals surface area contributed by atoms with E-state index in [2.05, 4.69) is 10.2 Å². The minimum absolute atomic E-state index is 0.0183. The number of rotatable bonds is 5. The van der Waals surface area contributed by atoms with Crippen LogP contribution < -0.4 is 14.8 Å². The molecule has 6 heteroatoms. The summed E-state index contributed by atoms with van der Waals surface area (Å²) in [6.45, 7) is 3.71. The number of nitrogens with zero attached hydrogens (tertiary/aromatic N) is 1. The Morgan fingerprint density at radius 2 is 2.22 bits per heavy atom. The SMILES string of the molecule is C[C@H](O)[C@@H]1CCCCN1CC(=O)NCc1ccc2c(c1)OCO2. The number of amides is 1. The smallest absolute Gasteiger partial charge is 0.234 e. The number of benzene rings is 1. The molecule has 126 valence electrons. The number of piperidine rings is 1. The van der Waals surface area contributed by atoms with Crippen LogP contribution in [0.2, 0.25) is 0 Å². The predicted molar refractivity (Wildman–Crippen MR) is 85.3 cm³/mol. The van der Waals surface area contributed by atoms with Gasteiger partial charge in [-0.2, -0.15) is 0 Å². The number of aliphatic hydroxyl groups excluding tert-OH is 1. The fourth-order valence-corrected chi connectivity index (χ4v) is 3.25. The third kappa shape index (κ3) is 3.95. The molecule has 0 aliphatic carbocycles. The standard InChI is InChI=1S/C17H24N2O4/c1-12(20)14-4-2-3-7-19(14)10-17(21)18-9-13-5-6-15-16(8-13)23-11-22-15/h5-6,8,12,14,20H,2-4,7,9-11H2,1H3,(H,18,21)/t12-,14-/m0/s1. The summed E-state index contributed by atoms with van der Waals surface area (Å²) in [7, 11) is 0. The van der Waals surface area contributed by atoms with Crippen molar-refractivity contribution >= 4 is 5.91 Å². The molecule has 0 bridgehead atoms. The lowest BCUT2D eigenvalue weighted by atomic mass is 9.98. The first-order valence-electron chi connectivity index (χ1n) is 8.21. The van der Waals surface area contributed by atoms with Gasteiger partial charge >= 0.3 is 0 Å². The van der Waals surface area contributed by atoms with E-state index in [1.54, 1.807) is 6.92 Å². The van der Waals surface area contributed by atoms with Crippen LogP contribution in [0.25, 0.3) is 0 Å². The second-order valence-corrected chi connectivity index (χ2v) is 6.24. The summed E-state index contributed by atoms with van der Waals surface area (Å²) in [6, 6.07) is 5.76. The van der Waals surface area contributed by atoms with E-state index in [0.29, 0.717) is 13.1 Å². The fraction of sp³-hybridized carbons (Fsp3) is 0.588. The third-order valence-electron chi connectivity index (χ3n) is 4.49. The Labute approximate surface area is 136 Å². The van der Waals surface area contributed by atoms with E-state index in [4.69, 9.17) is 9.47 Å². The number of hydrogen-bond acceptors (Lipinski definition) is 5. The van der Waals surface area contributed by atoms with Gasteiger partial charge < -0.3 is 19.9 Å². The van der Waals surface area contributed by atoms with Crippen molar-refractivity contribution < 1.29 is 19.4 Å². The molecule has 2 aliphatic rings. The lowest BCUT2D eigenvalue weighted by Crippen LogP contribution is -2.49. The molecule has 1 aromatic rings. The summed E-state index contributed by atoms with van der Waals surface area (Å²) in [5.74, 6) is 1.45. The van der Waals surface area contributed by atoms with Gasteiger partial charge in [-0.15, -0.1) is 0 Å². The molecule has 0 spiro atoms. The average Bonchev–Trinajstić information content (AvgIpc) is 3.01. The van der Waals surface area contributed by atoms with Crippen molar-refractivity contribution in [3.8, 4) is 11.5 Å². The van der Waals surface area contributed by atoms with E-state index in [-0.39, 0.29) is 18.7 Å². The molecular weight excluding hydrogens is 296 g/mol. The maximum atomic E-state index is 12.2. The quantitative estimate of drug-likeness (QED) is 0.855. The highest BCUT2D eigenvalue weighted by molar-refractivity contribution is 5.78. The van der Waals surface area contributed by atoms with E-state index in [1.807, 2.05) is 18.2 Å². The van der Waals surface area contributed by atoms with Gasteiger partial charge in [0.25, 0.3) is 0 Å². The van der Waals surface area contributed by atoms with Crippen molar-refractivity contribution in [1.82, 2.24) is 10.2 Å². The first-order chi connectivity index (χ1) is 11.1. The monoisotopic (exact) mass is 320 g/mol. The van der Waals surface area contributed by atoms with Gasteiger partial charge in [0.05, 0.1) is 12.6 Å². The van der Waals surface area contributed by atoms with E-state index in [9.17, 15) is 9.90 Å². The molecule has 3 rings (SSSR count). The maximum Gasteiger partial charge on any atom is 0.234 e. The minimum Gasteiger partial charge on any atom is -0.454 e. The van der Waals surface area contributed by atoms with Crippen LogP contribution in [0.15, 0.2) is 18.2 Å². The molecule has 0 aromatic heterocycles. The van der Waals surface area contributed by atoms with Crippen LogP contribution in [0.4, 0.5) is 0 Å². The van der Waals surface area contributed by atoms with Gasteiger partial charge in [0, 0.05) is 12.6 Å². The van der Waals surface area contributed by atoms with E-state index >= 15 is 0 Å². The highest BCUT2D eigenvalue weighted by Gasteiger charge is 2.27. The number of ether oxygens (including phenoxy) is 2. The first-order valence-corrected chi connectivity index (χ1v) is 8.21. The number of nitrogens with one attached hydrogen (secondary N) is 1. The van der Waals surface area contributed by atoms with Gasteiger partial charge in [0.2, 0.25) is 12.7 Å². The van der Waals surface area contributed by atoms with E-state index in [0.717, 1.165) is 42.9 Å². The number of aliphatic hydroxyl groups is 1. The first kappa shape index (κ1) is 16.1. The normalized spacial score (nSPS) is 21.9. The van der Waals surface area contributed by atoms with Crippen molar-refractivity contribution in [2.24, 2.45) is 0 Å². The summed E-state index contributed by atoms with van der Waals surface area (Å²) < 4.78 is 10.6. The van der Waals surface area contributed by atoms with Crippen LogP contribution in [0, 0.1) is 0 Å². The van der Waals surface area contributed by atoms with Crippen molar-refractivity contribution in [3.63, 3.8) is 0 Å². The van der Waals surface area contributed by atoms with Crippen molar-refractivity contribution in [3.05, 3.63) is 23.8 Å². The molecule has 2 heterocycles. The van der Waals surface area contributed by atoms with Gasteiger partial charge in [-0.05, 0) is 44.0 Å². The largest absolute Gasteiger partial charge is 0.454 e. The summed E-state index contributed by atoms with van der Waals surface area (Å²) in [4.78, 5) is 14.3. The minimum atomic E-state index is -0.406. The summed E-state index contributed by atoms with van der Waals surface area (Å²) in [5, 5.41) is 12.8. The Morgan fingerprint density at radius 1 is 1.39 bits per heavy atom. The molecule has 1 saturated heterocycles. The van der Waals surface area contributed by atoms with Crippen LogP contribution in [0.1, 0.15) is 31.7 Å². The molecule has 2 atom stereocenters. The summed E-state index contributed by atoms with van der Waals surface area (Å²) in [5.41, 5.74) is 0.980. The molecule has 1 fully saturated rings. The number of carbonyl (C=O) groups is 1. The van der Waals surface area contributed by atoms with Gasteiger partial charge in [-0.1, -0.05) is 12.5 Å². The molecule has 2 N–H and O–H groups in total. The van der Waals surface area contributed by atoms with Crippen LogP contribution >= 0.6 is 0 Å². The van der Waals surface area contributed by atoms with Crippen molar-refractivity contribution in [1.29, 1.82) is 0 Å². The van der Waals surface area contributed by atoms with Crippen LogP contribution in [-0.4, -0.2) is 47.9 Å². The summed E-state index contributed by atoms with van der Waals surface area (Å²) in [6.07, 6.45) is 2.74. The van der Waals surface area contributed by atoms with Crippen molar-refractivity contribution in [2.75, 3.05) is 19.9 Å². The van der Waals surface area contributed by atoms with E-state index in [1.165, 1.54) is 0 Å². The van der Waals surface area contributed by atoms with Crippen molar-refractivity contribution in [2.45, 2.75) is 44.9 Å². The lowest BCUT2D eigenvalue weighted by Gasteiger charge is -2.36. The molecule has 1 amide bonds. The van der Waals surface area contributed by atoms with Gasteiger partial charge in [0.15, 0.2) is 11.5 Å². The Kier molecular flexibility index (Phi) is 5.03. The molecule has 2 aliphatic heterocycles.